The van der Waals surface area contributed by atoms with E-state index in [-0.39, 0.29) is 17.2 Å². The molecule has 1 aromatic heterocycles. The van der Waals surface area contributed by atoms with E-state index in [1.807, 2.05) is 11.8 Å². The van der Waals surface area contributed by atoms with Crippen LogP contribution in [0.15, 0.2) is 0 Å². The molecule has 1 aliphatic heterocycles. The fourth-order valence-corrected chi connectivity index (χ4v) is 3.49. The molecule has 1 saturated heterocycles. The zero-order valence-corrected chi connectivity index (χ0v) is 13.4. The first kappa shape index (κ1) is 15.9. The van der Waals surface area contributed by atoms with Crippen molar-refractivity contribution >= 4 is 23.2 Å². The van der Waals surface area contributed by atoms with Crippen LogP contribution in [0.3, 0.4) is 0 Å². The molecule has 0 aliphatic carbocycles. The van der Waals surface area contributed by atoms with Crippen LogP contribution >= 0.6 is 11.3 Å². The van der Waals surface area contributed by atoms with Crippen molar-refractivity contribution in [3.63, 3.8) is 0 Å². The average Bonchev–Trinajstić information content (AvgIpc) is 2.83. The van der Waals surface area contributed by atoms with Gasteiger partial charge < -0.3 is 10.0 Å². The first-order valence-corrected chi connectivity index (χ1v) is 8.32. The molecule has 2 heterocycles. The Hall–Kier alpha value is -1.43. The summed E-state index contributed by atoms with van der Waals surface area (Å²) < 4.78 is 0. The van der Waals surface area contributed by atoms with Crippen LogP contribution in [0, 0.1) is 5.92 Å². The zero-order valence-electron chi connectivity index (χ0n) is 12.6. The third kappa shape index (κ3) is 4.03. The van der Waals surface area contributed by atoms with Gasteiger partial charge >= 0.3 is 5.97 Å². The van der Waals surface area contributed by atoms with E-state index in [0.717, 1.165) is 43.7 Å². The summed E-state index contributed by atoms with van der Waals surface area (Å²) in [6, 6.07) is 0. The summed E-state index contributed by atoms with van der Waals surface area (Å²) in [7, 11) is 0. The maximum absolute atomic E-state index is 12.3. The molecule has 5 nitrogen and oxygen atoms in total. The van der Waals surface area contributed by atoms with Gasteiger partial charge in [-0.25, -0.2) is 9.78 Å². The lowest BCUT2D eigenvalue weighted by Gasteiger charge is -2.30. The van der Waals surface area contributed by atoms with E-state index in [0.29, 0.717) is 23.0 Å². The Kier molecular flexibility index (Phi) is 5.33. The van der Waals surface area contributed by atoms with Gasteiger partial charge in [0.15, 0.2) is 0 Å². The highest BCUT2D eigenvalue weighted by Gasteiger charge is 2.23. The fourth-order valence-electron chi connectivity index (χ4n) is 2.55. The lowest BCUT2D eigenvalue weighted by molar-refractivity contribution is -0.131. The van der Waals surface area contributed by atoms with Crippen LogP contribution < -0.4 is 0 Å². The molecule has 1 aromatic rings. The molecule has 0 unspecified atom stereocenters. The van der Waals surface area contributed by atoms with Crippen molar-refractivity contribution in [3.05, 3.63) is 15.6 Å². The van der Waals surface area contributed by atoms with Crippen LogP contribution in [0.5, 0.6) is 0 Å². The molecule has 0 bridgehead atoms. The molecule has 0 spiro atoms. The largest absolute Gasteiger partial charge is 0.477 e. The normalized spacial score (nSPS) is 16.2. The number of aryl methyl sites for hydroxylation is 1. The van der Waals surface area contributed by atoms with E-state index in [9.17, 15) is 14.7 Å². The Balaban J connectivity index is 2.03. The molecule has 1 aliphatic rings. The van der Waals surface area contributed by atoms with Crippen LogP contribution in [0.2, 0.25) is 0 Å². The maximum Gasteiger partial charge on any atom is 0.347 e. The van der Waals surface area contributed by atoms with Crippen LogP contribution in [-0.4, -0.2) is 40.0 Å². The van der Waals surface area contributed by atoms with E-state index in [4.69, 9.17) is 0 Å². The maximum atomic E-state index is 12.3. The number of aromatic carboxylic acids is 1. The van der Waals surface area contributed by atoms with Gasteiger partial charge in [-0.3, -0.25) is 4.79 Å². The number of carboxylic acids is 1. The van der Waals surface area contributed by atoms with Crippen LogP contribution in [0.1, 0.15) is 53.5 Å². The minimum Gasteiger partial charge on any atom is -0.477 e. The SMILES string of the molecule is CCCc1nc(CC(=O)N2CCC(C)CC2)sc1C(=O)O. The number of nitrogens with zero attached hydrogens (tertiary/aromatic N) is 2. The number of rotatable bonds is 5. The predicted molar refractivity (Wildman–Crippen MR) is 81.8 cm³/mol. The number of thiazole rings is 1. The van der Waals surface area contributed by atoms with Crippen molar-refractivity contribution in [2.24, 2.45) is 5.92 Å². The van der Waals surface area contributed by atoms with E-state index in [1.165, 1.54) is 0 Å². The standard InChI is InChI=1S/C15H22N2O3S/c1-3-4-11-14(15(19)20)21-12(16-11)9-13(18)17-7-5-10(2)6-8-17/h10H,3-9H2,1-2H3,(H,19,20). The van der Waals surface area contributed by atoms with Gasteiger partial charge in [0, 0.05) is 13.1 Å². The summed E-state index contributed by atoms with van der Waals surface area (Å²) in [5.74, 6) is -0.194. The number of piperidine rings is 1. The molecule has 116 valence electrons. The summed E-state index contributed by atoms with van der Waals surface area (Å²) >= 11 is 1.14. The Morgan fingerprint density at radius 3 is 2.62 bits per heavy atom. The summed E-state index contributed by atoms with van der Waals surface area (Å²) in [6.07, 6.45) is 3.81. The van der Waals surface area contributed by atoms with Gasteiger partial charge in [0.25, 0.3) is 0 Å². The lowest BCUT2D eigenvalue weighted by atomic mass is 9.99. The monoisotopic (exact) mass is 310 g/mol. The predicted octanol–water partition coefficient (Wildman–Crippen LogP) is 2.59. The van der Waals surface area contributed by atoms with Crippen LogP contribution in [0.4, 0.5) is 0 Å². The van der Waals surface area contributed by atoms with E-state index < -0.39 is 5.97 Å². The highest BCUT2D eigenvalue weighted by atomic mass is 32.1. The Bertz CT molecular complexity index is 519. The fraction of sp³-hybridized carbons (Fsp3) is 0.667. The number of likely N-dealkylation sites (tertiary alicyclic amines) is 1. The smallest absolute Gasteiger partial charge is 0.347 e. The highest BCUT2D eigenvalue weighted by molar-refractivity contribution is 7.13. The van der Waals surface area contributed by atoms with Crippen molar-refractivity contribution in [1.29, 1.82) is 0 Å². The van der Waals surface area contributed by atoms with Gasteiger partial charge in [0.2, 0.25) is 5.91 Å². The Morgan fingerprint density at radius 1 is 1.38 bits per heavy atom. The number of amides is 1. The minimum atomic E-state index is -0.943. The van der Waals surface area contributed by atoms with Gasteiger partial charge in [0.05, 0.1) is 12.1 Å². The molecule has 1 amide bonds. The van der Waals surface area contributed by atoms with Gasteiger partial charge in [-0.15, -0.1) is 11.3 Å². The number of aromatic nitrogens is 1. The van der Waals surface area contributed by atoms with Gasteiger partial charge in [-0.1, -0.05) is 20.3 Å². The van der Waals surface area contributed by atoms with Gasteiger partial charge in [0.1, 0.15) is 9.88 Å². The lowest BCUT2D eigenvalue weighted by Crippen LogP contribution is -2.38. The molecule has 2 rings (SSSR count). The molecule has 1 fully saturated rings. The number of carbonyl (C=O) groups excluding carboxylic acids is 1. The van der Waals surface area contributed by atoms with Crippen molar-refractivity contribution in [1.82, 2.24) is 9.88 Å². The van der Waals surface area contributed by atoms with E-state index >= 15 is 0 Å². The number of hydrogen-bond acceptors (Lipinski definition) is 4. The summed E-state index contributed by atoms with van der Waals surface area (Å²) in [5.41, 5.74) is 0.616. The van der Waals surface area contributed by atoms with Crippen molar-refractivity contribution in [2.75, 3.05) is 13.1 Å². The Labute approximate surface area is 129 Å². The quantitative estimate of drug-likeness (QED) is 0.907. The molecule has 0 aromatic carbocycles. The molecule has 21 heavy (non-hydrogen) atoms. The zero-order chi connectivity index (χ0) is 15.4. The highest BCUT2D eigenvalue weighted by Crippen LogP contribution is 2.22. The number of hydrogen-bond donors (Lipinski definition) is 1. The van der Waals surface area contributed by atoms with Crippen LogP contribution in [0.25, 0.3) is 0 Å². The third-order valence-electron chi connectivity index (χ3n) is 3.86. The molecule has 0 atom stereocenters. The second-order valence-corrected chi connectivity index (χ2v) is 6.76. The molecule has 0 saturated carbocycles. The second-order valence-electron chi connectivity index (χ2n) is 5.68. The molecular weight excluding hydrogens is 288 g/mol. The van der Waals surface area contributed by atoms with E-state index in [1.54, 1.807) is 0 Å². The molecule has 0 radical (unpaired) electrons. The summed E-state index contributed by atoms with van der Waals surface area (Å²) in [4.78, 5) is 30.0. The topological polar surface area (TPSA) is 70.5 Å². The Morgan fingerprint density at radius 2 is 2.05 bits per heavy atom. The third-order valence-corrected chi connectivity index (χ3v) is 4.95. The summed E-state index contributed by atoms with van der Waals surface area (Å²) in [5, 5.41) is 9.82. The van der Waals surface area contributed by atoms with E-state index in [2.05, 4.69) is 11.9 Å². The first-order chi connectivity index (χ1) is 10.0. The number of carbonyl (C=O) groups is 2. The second kappa shape index (κ2) is 7.02. The minimum absolute atomic E-state index is 0.0654. The molecule has 1 N–H and O–H groups in total. The van der Waals surface area contributed by atoms with Gasteiger partial charge in [-0.2, -0.15) is 0 Å². The first-order valence-electron chi connectivity index (χ1n) is 7.50. The van der Waals surface area contributed by atoms with Crippen molar-refractivity contribution in [3.8, 4) is 0 Å². The van der Waals surface area contributed by atoms with Crippen molar-refractivity contribution < 1.29 is 14.7 Å². The number of carboxylic acid groups (broad SMARTS) is 1. The molecule has 6 heteroatoms. The van der Waals surface area contributed by atoms with Crippen LogP contribution in [-0.2, 0) is 17.6 Å². The van der Waals surface area contributed by atoms with Gasteiger partial charge in [-0.05, 0) is 25.2 Å². The van der Waals surface area contributed by atoms with Crippen molar-refractivity contribution in [2.45, 2.75) is 46.0 Å². The molecular formula is C15H22N2O3S. The average molecular weight is 310 g/mol. The summed E-state index contributed by atoms with van der Waals surface area (Å²) in [6.45, 7) is 5.81.